The van der Waals surface area contributed by atoms with Crippen molar-refractivity contribution in [1.82, 2.24) is 4.57 Å². The minimum absolute atomic E-state index is 0.122. The maximum atomic E-state index is 12.1. The van der Waals surface area contributed by atoms with Gasteiger partial charge in [0, 0.05) is 16.9 Å². The fourth-order valence-corrected chi connectivity index (χ4v) is 4.16. The van der Waals surface area contributed by atoms with Crippen molar-refractivity contribution in [2.45, 2.75) is 13.3 Å². The number of carbonyl (C=O) groups is 1. The Kier molecular flexibility index (Phi) is 3.97. The molecule has 21 heavy (non-hydrogen) atoms. The maximum Gasteiger partial charge on any atom is 0.253 e. The van der Waals surface area contributed by atoms with Gasteiger partial charge in [0.25, 0.3) is 5.91 Å². The van der Waals surface area contributed by atoms with Crippen LogP contribution in [0.2, 0.25) is 5.02 Å². The highest BCUT2D eigenvalue weighted by Crippen LogP contribution is 2.26. The number of thiophene rings is 1. The van der Waals surface area contributed by atoms with Gasteiger partial charge < -0.3 is 4.57 Å². The third-order valence-electron chi connectivity index (χ3n) is 3.28. The van der Waals surface area contributed by atoms with Gasteiger partial charge in [-0.05, 0) is 36.1 Å². The van der Waals surface area contributed by atoms with Crippen LogP contribution in [-0.2, 0) is 18.3 Å². The summed E-state index contributed by atoms with van der Waals surface area (Å²) >= 11 is 9.25. The monoisotopic (exact) mass is 336 g/mol. The molecule has 108 valence electrons. The lowest BCUT2D eigenvalue weighted by Gasteiger charge is -2.01. The van der Waals surface area contributed by atoms with E-state index in [0.717, 1.165) is 25.7 Å². The quantitative estimate of drug-likeness (QED) is 0.698. The topological polar surface area (TPSA) is 34.4 Å². The number of carbonyl (C=O) groups excluding carboxylic acids is 1. The summed E-state index contributed by atoms with van der Waals surface area (Å²) in [6.45, 7) is 1.98. The molecule has 2 aromatic heterocycles. The zero-order valence-corrected chi connectivity index (χ0v) is 14.0. The minimum Gasteiger partial charge on any atom is -0.319 e. The minimum atomic E-state index is -0.122. The third kappa shape index (κ3) is 2.81. The van der Waals surface area contributed by atoms with E-state index < -0.39 is 0 Å². The average molecular weight is 337 g/mol. The Bertz CT molecular complexity index is 875. The average Bonchev–Trinajstić information content (AvgIpc) is 3.04. The molecule has 0 saturated carbocycles. The molecule has 3 aromatic rings. The summed E-state index contributed by atoms with van der Waals surface area (Å²) in [6, 6.07) is 7.75. The van der Waals surface area contributed by atoms with Crippen LogP contribution in [0.25, 0.3) is 10.2 Å². The van der Waals surface area contributed by atoms with E-state index in [2.05, 4.69) is 4.99 Å². The summed E-state index contributed by atoms with van der Waals surface area (Å²) in [4.78, 5) is 18.1. The first-order chi connectivity index (χ1) is 10.1. The summed E-state index contributed by atoms with van der Waals surface area (Å²) in [5.41, 5.74) is 2.05. The van der Waals surface area contributed by atoms with Gasteiger partial charge in [-0.25, -0.2) is 0 Å². The summed E-state index contributed by atoms with van der Waals surface area (Å²) in [7, 11) is 1.92. The van der Waals surface area contributed by atoms with Crippen LogP contribution in [-0.4, -0.2) is 10.5 Å². The van der Waals surface area contributed by atoms with Crippen molar-refractivity contribution < 1.29 is 4.79 Å². The van der Waals surface area contributed by atoms with Gasteiger partial charge in [-0.3, -0.25) is 4.79 Å². The number of thiazole rings is 1. The van der Waals surface area contributed by atoms with Crippen LogP contribution < -0.4 is 4.80 Å². The lowest BCUT2D eigenvalue weighted by Crippen LogP contribution is -2.14. The molecule has 0 fully saturated rings. The fraction of sp³-hybridized carbons (Fsp3) is 0.200. The van der Waals surface area contributed by atoms with Crippen molar-refractivity contribution in [3.8, 4) is 0 Å². The summed E-state index contributed by atoms with van der Waals surface area (Å²) in [5, 5.41) is 2.69. The predicted molar refractivity (Wildman–Crippen MR) is 89.1 cm³/mol. The number of hydrogen-bond donors (Lipinski definition) is 0. The van der Waals surface area contributed by atoms with E-state index in [9.17, 15) is 4.79 Å². The van der Waals surface area contributed by atoms with Crippen LogP contribution >= 0.6 is 34.3 Å². The van der Waals surface area contributed by atoms with E-state index in [1.807, 2.05) is 48.2 Å². The van der Waals surface area contributed by atoms with Crippen LogP contribution in [0.1, 0.15) is 10.4 Å². The summed E-state index contributed by atoms with van der Waals surface area (Å²) < 4.78 is 3.02. The molecule has 0 N–H and O–H groups in total. The molecule has 0 aliphatic rings. The number of halogens is 1. The second-order valence-electron chi connectivity index (χ2n) is 4.72. The highest BCUT2D eigenvalue weighted by atomic mass is 35.5. The number of hydrogen-bond acceptors (Lipinski definition) is 3. The lowest BCUT2D eigenvalue weighted by atomic mass is 10.2. The third-order valence-corrected chi connectivity index (χ3v) is 5.66. The van der Waals surface area contributed by atoms with E-state index >= 15 is 0 Å². The predicted octanol–water partition coefficient (Wildman–Crippen LogP) is 3.93. The first kappa shape index (κ1) is 14.5. The molecule has 0 bridgehead atoms. The molecule has 0 spiro atoms. The van der Waals surface area contributed by atoms with Crippen molar-refractivity contribution in [3.05, 3.63) is 49.9 Å². The zero-order valence-electron chi connectivity index (χ0n) is 11.6. The van der Waals surface area contributed by atoms with Gasteiger partial charge in [0.2, 0.25) is 0 Å². The van der Waals surface area contributed by atoms with Crippen LogP contribution in [0.3, 0.4) is 0 Å². The first-order valence-corrected chi connectivity index (χ1v) is 8.48. The highest BCUT2D eigenvalue weighted by molar-refractivity contribution is 7.16. The Balaban J connectivity index is 2.04. The fourth-order valence-electron chi connectivity index (χ4n) is 2.22. The van der Waals surface area contributed by atoms with Crippen molar-refractivity contribution in [2.24, 2.45) is 12.0 Å². The summed E-state index contributed by atoms with van der Waals surface area (Å²) in [6.07, 6.45) is 0.353. The Morgan fingerprint density at radius 3 is 2.90 bits per heavy atom. The first-order valence-electron chi connectivity index (χ1n) is 6.41. The number of rotatable bonds is 2. The normalized spacial score (nSPS) is 12.2. The van der Waals surface area contributed by atoms with Crippen molar-refractivity contribution in [1.29, 1.82) is 0 Å². The van der Waals surface area contributed by atoms with Gasteiger partial charge in [0.15, 0.2) is 4.80 Å². The van der Waals surface area contributed by atoms with Crippen LogP contribution in [0, 0.1) is 6.92 Å². The standard InChI is InChI=1S/C15H13ClN2OS2/c1-9-11(16)5-6-12-14(9)18(2)15(21-12)17-13(19)8-10-4-3-7-20-10/h3-7H,8H2,1-2H3. The second kappa shape index (κ2) is 5.75. The van der Waals surface area contributed by atoms with Crippen LogP contribution in [0.5, 0.6) is 0 Å². The Morgan fingerprint density at radius 1 is 1.38 bits per heavy atom. The van der Waals surface area contributed by atoms with E-state index in [0.29, 0.717) is 11.2 Å². The molecule has 2 heterocycles. The highest BCUT2D eigenvalue weighted by Gasteiger charge is 2.10. The van der Waals surface area contributed by atoms with E-state index in [1.54, 1.807) is 11.3 Å². The van der Waals surface area contributed by atoms with E-state index in [-0.39, 0.29) is 5.91 Å². The molecule has 0 aliphatic heterocycles. The number of aromatic nitrogens is 1. The second-order valence-corrected chi connectivity index (χ2v) is 7.17. The molecule has 0 unspecified atom stereocenters. The molecule has 1 amide bonds. The van der Waals surface area contributed by atoms with Gasteiger partial charge in [-0.1, -0.05) is 29.0 Å². The Hall–Kier alpha value is -1.43. The van der Waals surface area contributed by atoms with Gasteiger partial charge in [0.1, 0.15) is 0 Å². The molecule has 0 atom stereocenters. The van der Waals surface area contributed by atoms with Gasteiger partial charge >= 0.3 is 0 Å². The van der Waals surface area contributed by atoms with E-state index in [4.69, 9.17) is 11.6 Å². The SMILES string of the molecule is Cc1c(Cl)ccc2sc(=NC(=O)Cc3cccs3)n(C)c12. The van der Waals surface area contributed by atoms with Crippen molar-refractivity contribution >= 4 is 50.4 Å². The molecular weight excluding hydrogens is 324 g/mol. The van der Waals surface area contributed by atoms with Crippen molar-refractivity contribution in [3.63, 3.8) is 0 Å². The van der Waals surface area contributed by atoms with Gasteiger partial charge in [-0.2, -0.15) is 4.99 Å². The molecule has 0 radical (unpaired) electrons. The molecule has 0 saturated heterocycles. The molecule has 3 nitrogen and oxygen atoms in total. The largest absolute Gasteiger partial charge is 0.319 e. The van der Waals surface area contributed by atoms with Crippen molar-refractivity contribution in [2.75, 3.05) is 0 Å². The molecule has 1 aromatic carbocycles. The van der Waals surface area contributed by atoms with Gasteiger partial charge in [0.05, 0.1) is 16.6 Å². The molecular formula is C15H13ClN2OS2. The number of nitrogens with zero attached hydrogens (tertiary/aromatic N) is 2. The molecule has 3 rings (SSSR count). The number of benzene rings is 1. The van der Waals surface area contributed by atoms with E-state index in [1.165, 1.54) is 11.3 Å². The maximum absolute atomic E-state index is 12.1. The number of aryl methyl sites for hydroxylation is 2. The van der Waals surface area contributed by atoms with Crippen LogP contribution in [0.15, 0.2) is 34.6 Å². The number of amides is 1. The smallest absolute Gasteiger partial charge is 0.253 e. The lowest BCUT2D eigenvalue weighted by molar-refractivity contribution is -0.117. The van der Waals surface area contributed by atoms with Crippen LogP contribution in [0.4, 0.5) is 0 Å². The zero-order chi connectivity index (χ0) is 15.0. The Labute approximate surface area is 135 Å². The van der Waals surface area contributed by atoms with Gasteiger partial charge in [-0.15, -0.1) is 11.3 Å². The number of fused-ring (bicyclic) bond motifs is 1. The summed E-state index contributed by atoms with van der Waals surface area (Å²) in [5.74, 6) is -0.122. The molecule has 0 aliphatic carbocycles. The Morgan fingerprint density at radius 2 is 2.19 bits per heavy atom. The molecule has 6 heteroatoms.